The number of amides is 1. The van der Waals surface area contributed by atoms with Crippen molar-refractivity contribution in [2.24, 2.45) is 11.7 Å². The molecule has 96 valence electrons. The molecule has 17 heavy (non-hydrogen) atoms. The minimum atomic E-state index is -1.26. The summed E-state index contributed by atoms with van der Waals surface area (Å²) >= 11 is 0. The average molecular weight is 244 g/mol. The smallest absolute Gasteiger partial charge is 0.328 e. The molecule has 0 bridgehead atoms. The molecule has 7 heteroatoms. The van der Waals surface area contributed by atoms with E-state index in [1.54, 1.807) is 0 Å². The number of hydrogen-bond donors (Lipinski definition) is 4. The molecule has 1 aliphatic rings. The number of piperidine rings is 1. The van der Waals surface area contributed by atoms with Gasteiger partial charge in [-0.25, -0.2) is 9.59 Å². The Bertz CT molecular complexity index is 292. The summed E-state index contributed by atoms with van der Waals surface area (Å²) in [6.07, 6.45) is 2.94. The summed E-state index contributed by atoms with van der Waals surface area (Å²) < 4.78 is 0. The molecule has 0 unspecified atom stereocenters. The molecule has 0 aromatic heterocycles. The molecule has 0 aromatic carbocycles. The van der Waals surface area contributed by atoms with E-state index in [1.807, 2.05) is 0 Å². The predicted molar refractivity (Wildman–Crippen MR) is 59.2 cm³/mol. The van der Waals surface area contributed by atoms with Crippen molar-refractivity contribution in [3.8, 4) is 0 Å². The quantitative estimate of drug-likeness (QED) is 0.480. The maximum atomic E-state index is 10.5. The highest BCUT2D eigenvalue weighted by molar-refractivity contribution is 5.89. The minimum Gasteiger partial charge on any atom is -0.478 e. The Labute approximate surface area is 98.3 Å². The van der Waals surface area contributed by atoms with Crippen molar-refractivity contribution in [3.63, 3.8) is 0 Å². The van der Waals surface area contributed by atoms with Crippen LogP contribution in [0.5, 0.6) is 0 Å². The van der Waals surface area contributed by atoms with Crippen molar-refractivity contribution in [1.29, 1.82) is 0 Å². The molecular formula is C10H16N2O5. The van der Waals surface area contributed by atoms with Gasteiger partial charge in [-0.3, -0.25) is 4.79 Å². The van der Waals surface area contributed by atoms with Crippen LogP contribution in [0.1, 0.15) is 12.8 Å². The van der Waals surface area contributed by atoms with Crippen molar-refractivity contribution >= 4 is 17.8 Å². The Balaban J connectivity index is 0.000000304. The summed E-state index contributed by atoms with van der Waals surface area (Å²) in [4.78, 5) is 29.7. The number of nitrogens with two attached hydrogens (primary N) is 1. The summed E-state index contributed by atoms with van der Waals surface area (Å²) in [7, 11) is 0. The Kier molecular flexibility index (Phi) is 7.36. The van der Waals surface area contributed by atoms with Gasteiger partial charge in [-0.15, -0.1) is 0 Å². The van der Waals surface area contributed by atoms with Crippen LogP contribution in [0.2, 0.25) is 0 Å². The topological polar surface area (TPSA) is 130 Å². The van der Waals surface area contributed by atoms with E-state index in [0.717, 1.165) is 25.9 Å². The van der Waals surface area contributed by atoms with Crippen LogP contribution >= 0.6 is 0 Å². The number of hydrogen-bond acceptors (Lipinski definition) is 4. The number of carboxylic acids is 2. The lowest BCUT2D eigenvalue weighted by molar-refractivity contribution is -0.134. The van der Waals surface area contributed by atoms with E-state index >= 15 is 0 Å². The van der Waals surface area contributed by atoms with E-state index in [1.165, 1.54) is 0 Å². The Morgan fingerprint density at radius 2 is 1.47 bits per heavy atom. The van der Waals surface area contributed by atoms with E-state index in [0.29, 0.717) is 12.2 Å². The molecule has 1 heterocycles. The summed E-state index contributed by atoms with van der Waals surface area (Å²) in [5.74, 6) is -2.53. The molecular weight excluding hydrogens is 228 g/mol. The fourth-order valence-corrected chi connectivity index (χ4v) is 1.25. The van der Waals surface area contributed by atoms with Gasteiger partial charge in [0.2, 0.25) is 5.91 Å². The molecule has 0 atom stereocenters. The first kappa shape index (κ1) is 15.1. The molecule has 0 aliphatic carbocycles. The van der Waals surface area contributed by atoms with Gasteiger partial charge in [0.05, 0.1) is 0 Å². The van der Waals surface area contributed by atoms with Gasteiger partial charge in [-0.1, -0.05) is 0 Å². The maximum Gasteiger partial charge on any atom is 0.328 e. The molecule has 1 aliphatic heterocycles. The van der Waals surface area contributed by atoms with Gasteiger partial charge in [0.1, 0.15) is 0 Å². The monoisotopic (exact) mass is 244 g/mol. The summed E-state index contributed by atoms with van der Waals surface area (Å²) in [5.41, 5.74) is 5.10. The van der Waals surface area contributed by atoms with Crippen LogP contribution in [0, 0.1) is 5.92 Å². The van der Waals surface area contributed by atoms with E-state index in [9.17, 15) is 14.4 Å². The highest BCUT2D eigenvalue weighted by atomic mass is 16.4. The SMILES string of the molecule is NC(=O)C1CCNCC1.O=C(O)/C=C\C(=O)O. The van der Waals surface area contributed by atoms with Crippen LogP contribution in [-0.4, -0.2) is 41.1 Å². The first-order chi connectivity index (χ1) is 7.93. The lowest BCUT2D eigenvalue weighted by Crippen LogP contribution is -2.34. The zero-order valence-corrected chi connectivity index (χ0v) is 9.26. The predicted octanol–water partition coefficient (Wildman–Crippen LogP) is -0.817. The molecule has 5 N–H and O–H groups in total. The van der Waals surface area contributed by atoms with Crippen molar-refractivity contribution in [2.45, 2.75) is 12.8 Å². The van der Waals surface area contributed by atoms with Gasteiger partial charge in [0.15, 0.2) is 0 Å². The molecule has 0 saturated carbocycles. The van der Waals surface area contributed by atoms with Crippen LogP contribution in [0.4, 0.5) is 0 Å². The number of rotatable bonds is 3. The molecule has 1 saturated heterocycles. The first-order valence-corrected chi connectivity index (χ1v) is 5.07. The number of nitrogens with one attached hydrogen (secondary N) is 1. The van der Waals surface area contributed by atoms with Gasteiger partial charge in [-0.2, -0.15) is 0 Å². The van der Waals surface area contributed by atoms with Crippen LogP contribution in [0.3, 0.4) is 0 Å². The van der Waals surface area contributed by atoms with Crippen LogP contribution < -0.4 is 11.1 Å². The summed E-state index contributed by atoms with van der Waals surface area (Å²) in [6.45, 7) is 1.88. The third kappa shape index (κ3) is 9.06. The second-order valence-corrected chi connectivity index (χ2v) is 3.44. The number of carboxylic acid groups (broad SMARTS) is 2. The zero-order valence-electron chi connectivity index (χ0n) is 9.26. The first-order valence-electron chi connectivity index (χ1n) is 5.07. The molecule has 1 amide bonds. The van der Waals surface area contributed by atoms with E-state index in [2.05, 4.69) is 5.32 Å². The molecule has 0 radical (unpaired) electrons. The normalized spacial score (nSPS) is 16.0. The second-order valence-electron chi connectivity index (χ2n) is 3.44. The summed E-state index contributed by atoms with van der Waals surface area (Å²) in [6, 6.07) is 0. The van der Waals surface area contributed by atoms with Crippen molar-refractivity contribution in [2.75, 3.05) is 13.1 Å². The Hall–Kier alpha value is -1.89. The van der Waals surface area contributed by atoms with Gasteiger partial charge in [0, 0.05) is 18.1 Å². The third-order valence-corrected chi connectivity index (χ3v) is 2.11. The van der Waals surface area contributed by atoms with Crippen molar-refractivity contribution in [1.82, 2.24) is 5.32 Å². The Morgan fingerprint density at radius 3 is 1.71 bits per heavy atom. The molecule has 1 fully saturated rings. The Morgan fingerprint density at radius 1 is 1.06 bits per heavy atom. The van der Waals surface area contributed by atoms with E-state index in [4.69, 9.17) is 15.9 Å². The molecule has 0 spiro atoms. The summed E-state index contributed by atoms with van der Waals surface area (Å²) in [5, 5.41) is 18.8. The van der Waals surface area contributed by atoms with Crippen molar-refractivity contribution < 1.29 is 24.6 Å². The van der Waals surface area contributed by atoms with Crippen LogP contribution in [0.15, 0.2) is 12.2 Å². The number of aliphatic carboxylic acids is 2. The minimum absolute atomic E-state index is 0.131. The fraction of sp³-hybridized carbons (Fsp3) is 0.500. The molecule has 0 aromatic rings. The zero-order chi connectivity index (χ0) is 13.3. The van der Waals surface area contributed by atoms with Crippen LogP contribution in [0.25, 0.3) is 0 Å². The number of carbonyl (C=O) groups is 3. The van der Waals surface area contributed by atoms with E-state index < -0.39 is 11.9 Å². The van der Waals surface area contributed by atoms with Gasteiger partial charge >= 0.3 is 11.9 Å². The average Bonchev–Trinajstić information content (AvgIpc) is 2.28. The highest BCUT2D eigenvalue weighted by Crippen LogP contribution is 2.09. The largest absolute Gasteiger partial charge is 0.478 e. The third-order valence-electron chi connectivity index (χ3n) is 2.11. The fourth-order valence-electron chi connectivity index (χ4n) is 1.25. The maximum absolute atomic E-state index is 10.5. The lowest BCUT2D eigenvalue weighted by Gasteiger charge is -2.18. The van der Waals surface area contributed by atoms with Gasteiger partial charge < -0.3 is 21.3 Å². The molecule has 7 nitrogen and oxygen atoms in total. The number of primary amides is 1. The second kappa shape index (κ2) is 8.28. The van der Waals surface area contributed by atoms with Gasteiger partial charge in [-0.05, 0) is 25.9 Å². The van der Waals surface area contributed by atoms with Gasteiger partial charge in [0.25, 0.3) is 0 Å². The number of carbonyl (C=O) groups excluding carboxylic acids is 1. The molecule has 1 rings (SSSR count). The van der Waals surface area contributed by atoms with Crippen LogP contribution in [-0.2, 0) is 14.4 Å². The van der Waals surface area contributed by atoms with E-state index in [-0.39, 0.29) is 11.8 Å². The standard InChI is InChI=1S/C6H12N2O.C4H4O4/c7-6(9)5-1-3-8-4-2-5;5-3(6)1-2-4(7)8/h5,8H,1-4H2,(H2,7,9);1-2H,(H,5,6)(H,7,8)/b;2-1-. The highest BCUT2D eigenvalue weighted by Gasteiger charge is 2.17. The lowest BCUT2D eigenvalue weighted by atomic mass is 9.98. The van der Waals surface area contributed by atoms with Crippen molar-refractivity contribution in [3.05, 3.63) is 12.2 Å².